The number of halogens is 6. The topological polar surface area (TPSA) is 31.4 Å². The number of pyridine rings is 1. The second-order valence-electron chi connectivity index (χ2n) is 5.42. The van der Waals surface area contributed by atoms with Crippen LogP contribution in [0.15, 0.2) is 42.8 Å². The van der Waals surface area contributed by atoms with Gasteiger partial charge in [-0.15, -0.1) is 0 Å². The number of aryl methyl sites for hydroxylation is 1. The van der Waals surface area contributed by atoms with Crippen molar-refractivity contribution in [1.82, 2.24) is 4.98 Å². The molecule has 0 spiro atoms. The Hall–Kier alpha value is -2.35. The molecule has 2 rings (SSSR count). The molecule has 3 nitrogen and oxygen atoms in total. The molecule has 0 unspecified atom stereocenters. The van der Waals surface area contributed by atoms with E-state index in [1.54, 1.807) is 0 Å². The Balaban J connectivity index is 2.18. The Bertz CT molecular complexity index is 774. The molecule has 0 radical (unpaired) electrons. The molecule has 0 saturated carbocycles. The molecule has 0 N–H and O–H groups in total. The maximum Gasteiger partial charge on any atom is 0.444 e. The summed E-state index contributed by atoms with van der Waals surface area (Å²) in [6.07, 6.45) is -2.87. The number of ether oxygens (including phenoxy) is 2. The minimum atomic E-state index is -3.83. The van der Waals surface area contributed by atoms with E-state index >= 15 is 0 Å². The summed E-state index contributed by atoms with van der Waals surface area (Å²) in [6.45, 7) is 1.95. The van der Waals surface area contributed by atoms with E-state index in [2.05, 4.69) is 14.5 Å². The fraction of sp³-hybridized carbons (Fsp3) is 0.278. The van der Waals surface area contributed by atoms with E-state index in [1.807, 2.05) is 6.92 Å². The quantitative estimate of drug-likeness (QED) is 0.390. The highest BCUT2D eigenvalue weighted by molar-refractivity contribution is 6.32. The van der Waals surface area contributed by atoms with E-state index in [0.717, 1.165) is 24.1 Å². The van der Waals surface area contributed by atoms with Gasteiger partial charge in [-0.1, -0.05) is 31.0 Å². The number of benzene rings is 1. The summed E-state index contributed by atoms with van der Waals surface area (Å²) in [4.78, 5) is 3.68. The molecule has 1 aromatic heterocycles. The molecule has 0 amide bonds. The van der Waals surface area contributed by atoms with Gasteiger partial charge in [-0.25, -0.2) is 13.2 Å². The molecule has 0 aliphatic carbocycles. The van der Waals surface area contributed by atoms with Crippen molar-refractivity contribution < 1.29 is 31.4 Å². The largest absolute Gasteiger partial charge is 0.460 e. The third-order valence-corrected chi connectivity index (χ3v) is 3.57. The lowest BCUT2D eigenvalue weighted by Crippen LogP contribution is -2.23. The Morgan fingerprint density at radius 3 is 2.56 bits per heavy atom. The van der Waals surface area contributed by atoms with Crippen molar-refractivity contribution >= 4 is 11.6 Å². The lowest BCUT2D eigenvalue weighted by atomic mass is 10.1. The SMILES string of the molecule is CCCc1ccc(C(F)(F)Oc2cc(F)c(OC=CC(F)F)c(Cl)c2)nc1. The van der Waals surface area contributed by atoms with Crippen molar-refractivity contribution in [1.29, 1.82) is 0 Å². The van der Waals surface area contributed by atoms with E-state index < -0.39 is 40.6 Å². The van der Waals surface area contributed by atoms with Crippen LogP contribution < -0.4 is 9.47 Å². The highest BCUT2D eigenvalue weighted by atomic mass is 35.5. The highest BCUT2D eigenvalue weighted by Gasteiger charge is 2.36. The van der Waals surface area contributed by atoms with Crippen LogP contribution in [0, 0.1) is 5.82 Å². The molecule has 0 aliphatic rings. The molecule has 146 valence electrons. The molecule has 2 aromatic rings. The summed E-state index contributed by atoms with van der Waals surface area (Å²) in [5.74, 6) is -2.32. The predicted molar refractivity (Wildman–Crippen MR) is 89.9 cm³/mol. The number of rotatable bonds is 8. The summed E-state index contributed by atoms with van der Waals surface area (Å²) >= 11 is 5.75. The zero-order chi connectivity index (χ0) is 20.0. The number of allylic oxidation sites excluding steroid dienone is 1. The van der Waals surface area contributed by atoms with E-state index in [1.165, 1.54) is 12.3 Å². The van der Waals surface area contributed by atoms with Gasteiger partial charge < -0.3 is 9.47 Å². The molecule has 0 atom stereocenters. The van der Waals surface area contributed by atoms with Crippen molar-refractivity contribution in [2.24, 2.45) is 0 Å². The number of alkyl halides is 4. The molecule has 0 saturated heterocycles. The summed E-state index contributed by atoms with van der Waals surface area (Å²) in [6, 6.07) is 4.12. The van der Waals surface area contributed by atoms with Crippen molar-refractivity contribution in [3.63, 3.8) is 0 Å². The lowest BCUT2D eigenvalue weighted by molar-refractivity contribution is -0.188. The van der Waals surface area contributed by atoms with Crippen molar-refractivity contribution in [3.8, 4) is 11.5 Å². The van der Waals surface area contributed by atoms with Crippen molar-refractivity contribution in [2.75, 3.05) is 0 Å². The minimum absolute atomic E-state index is 0.363. The minimum Gasteiger partial charge on any atom is -0.460 e. The summed E-state index contributed by atoms with van der Waals surface area (Å²) in [7, 11) is 0. The van der Waals surface area contributed by atoms with Gasteiger partial charge >= 0.3 is 6.11 Å². The molecule has 0 bridgehead atoms. The standard InChI is InChI=1S/C18H15ClF5NO2/c1-2-3-11-4-5-15(25-10-11)18(23,24)27-12-8-13(19)17(14(20)9-12)26-7-6-16(21)22/h4-10,16H,2-3H2,1H3. The second-order valence-corrected chi connectivity index (χ2v) is 5.82. The Labute approximate surface area is 157 Å². The molecule has 27 heavy (non-hydrogen) atoms. The van der Waals surface area contributed by atoms with Gasteiger partial charge in [-0.2, -0.15) is 8.78 Å². The van der Waals surface area contributed by atoms with Crippen LogP contribution in [0.3, 0.4) is 0 Å². The Morgan fingerprint density at radius 1 is 1.26 bits per heavy atom. The van der Waals surface area contributed by atoms with Crippen LogP contribution in [-0.2, 0) is 12.5 Å². The van der Waals surface area contributed by atoms with Gasteiger partial charge in [0.05, 0.1) is 11.3 Å². The number of hydrogen-bond donors (Lipinski definition) is 0. The van der Waals surface area contributed by atoms with Crippen LogP contribution in [0.5, 0.6) is 11.5 Å². The highest BCUT2D eigenvalue weighted by Crippen LogP contribution is 2.36. The third-order valence-electron chi connectivity index (χ3n) is 3.29. The predicted octanol–water partition coefficient (Wildman–Crippen LogP) is 6.11. The van der Waals surface area contributed by atoms with Crippen LogP contribution in [0.4, 0.5) is 22.0 Å². The fourth-order valence-electron chi connectivity index (χ4n) is 2.11. The van der Waals surface area contributed by atoms with Gasteiger partial charge in [-0.05, 0) is 18.1 Å². The molecular formula is C18H15ClF5NO2. The first-order valence-electron chi connectivity index (χ1n) is 7.85. The molecular weight excluding hydrogens is 393 g/mol. The first-order chi connectivity index (χ1) is 12.7. The van der Waals surface area contributed by atoms with Gasteiger partial charge in [0.1, 0.15) is 5.75 Å². The van der Waals surface area contributed by atoms with Crippen molar-refractivity contribution in [2.45, 2.75) is 32.3 Å². The lowest BCUT2D eigenvalue weighted by Gasteiger charge is -2.18. The van der Waals surface area contributed by atoms with Gasteiger partial charge in [-0.3, -0.25) is 4.98 Å². The smallest absolute Gasteiger partial charge is 0.444 e. The zero-order valence-electron chi connectivity index (χ0n) is 14.1. The second kappa shape index (κ2) is 9.03. The van der Waals surface area contributed by atoms with E-state index in [4.69, 9.17) is 11.6 Å². The Morgan fingerprint density at radius 2 is 2.00 bits per heavy atom. The average Bonchev–Trinajstić information content (AvgIpc) is 2.57. The van der Waals surface area contributed by atoms with Gasteiger partial charge in [0.2, 0.25) is 0 Å². The van der Waals surface area contributed by atoms with Crippen LogP contribution in [0.25, 0.3) is 0 Å². The molecule has 0 fully saturated rings. The first-order valence-corrected chi connectivity index (χ1v) is 8.23. The molecule has 9 heteroatoms. The number of nitrogens with zero attached hydrogens (tertiary/aromatic N) is 1. The Kier molecular flexibility index (Phi) is 7.01. The van der Waals surface area contributed by atoms with Crippen molar-refractivity contribution in [3.05, 3.63) is 64.9 Å². The third kappa shape index (κ3) is 5.82. The molecule has 1 aromatic carbocycles. The van der Waals surface area contributed by atoms with Crippen LogP contribution in [0.1, 0.15) is 24.6 Å². The van der Waals surface area contributed by atoms with E-state index in [-0.39, 0.29) is 0 Å². The van der Waals surface area contributed by atoms with Crippen LogP contribution in [0.2, 0.25) is 5.02 Å². The summed E-state index contributed by atoms with van der Waals surface area (Å²) in [5.41, 5.74) is 0.142. The number of hydrogen-bond acceptors (Lipinski definition) is 3. The van der Waals surface area contributed by atoms with E-state index in [9.17, 15) is 22.0 Å². The first kappa shape index (κ1) is 21.0. The monoisotopic (exact) mass is 407 g/mol. The maximum absolute atomic E-state index is 14.2. The van der Waals surface area contributed by atoms with E-state index in [0.29, 0.717) is 24.8 Å². The molecule has 0 aliphatic heterocycles. The van der Waals surface area contributed by atoms with Gasteiger partial charge in [0.15, 0.2) is 17.3 Å². The molecule has 1 heterocycles. The van der Waals surface area contributed by atoms with Crippen LogP contribution in [-0.4, -0.2) is 11.4 Å². The van der Waals surface area contributed by atoms with Gasteiger partial charge in [0.25, 0.3) is 6.43 Å². The summed E-state index contributed by atoms with van der Waals surface area (Å²) in [5, 5.41) is -0.425. The normalized spacial score (nSPS) is 12.0. The zero-order valence-corrected chi connectivity index (χ0v) is 14.8. The maximum atomic E-state index is 14.2. The van der Waals surface area contributed by atoms with Crippen LogP contribution >= 0.6 is 11.6 Å². The summed E-state index contributed by atoms with van der Waals surface area (Å²) < 4.78 is 75.7. The average molecular weight is 408 g/mol. The number of aromatic nitrogens is 1. The fourth-order valence-corrected chi connectivity index (χ4v) is 2.35. The van der Waals surface area contributed by atoms with Gasteiger partial charge in [0, 0.05) is 24.4 Å².